The summed E-state index contributed by atoms with van der Waals surface area (Å²) < 4.78 is 13.3. The molecule has 0 saturated heterocycles. The highest BCUT2D eigenvalue weighted by atomic mass is 19.1. The van der Waals surface area contributed by atoms with Crippen LogP contribution in [-0.4, -0.2) is 18.7 Å². The fraction of sp³-hybridized carbons (Fsp3) is 0.0714. The summed E-state index contributed by atoms with van der Waals surface area (Å²) in [5, 5.41) is 7.10. The van der Waals surface area contributed by atoms with Crippen molar-refractivity contribution in [2.24, 2.45) is 0 Å². The topological polar surface area (TPSA) is 77.8 Å². The third kappa shape index (κ3) is 5.84. The van der Waals surface area contributed by atoms with Crippen molar-refractivity contribution in [1.29, 1.82) is 5.26 Å². The van der Waals surface area contributed by atoms with Crippen LogP contribution in [0.2, 0.25) is 0 Å². The van der Waals surface area contributed by atoms with E-state index in [0.717, 1.165) is 0 Å². The molecule has 0 aliphatic heterocycles. The lowest BCUT2D eigenvalue weighted by atomic mass is 10.2. The first kappa shape index (κ1) is 16.3. The maximum Gasteiger partial charge on any atom is 0.265 e. The Labute approximate surface area is 123 Å². The lowest BCUT2D eigenvalue weighted by Gasteiger charge is -2.07. The first-order chi connectivity index (χ1) is 10.2. The van der Waals surface area contributed by atoms with Gasteiger partial charge in [0.1, 0.15) is 5.82 Å². The van der Waals surface area contributed by atoms with Crippen molar-refractivity contribution in [3.8, 4) is 5.97 Å². The summed E-state index contributed by atoms with van der Waals surface area (Å²) in [6.45, 7) is 0.226. The van der Waals surface area contributed by atoms with Gasteiger partial charge >= 0.3 is 0 Å². The van der Waals surface area contributed by atoms with Crippen LogP contribution in [0.5, 0.6) is 0 Å². The van der Waals surface area contributed by atoms with Crippen LogP contribution >= 0.6 is 0 Å². The highest BCUT2D eigenvalue weighted by Crippen LogP contribution is 2.04. The van der Waals surface area contributed by atoms with E-state index in [2.05, 4.69) is 23.7 Å². The van der Waals surface area contributed by atoms with Gasteiger partial charge in [-0.3, -0.25) is 15.2 Å². The Morgan fingerprint density at radius 2 is 1.90 bits per heavy atom. The second-order valence-electron chi connectivity index (χ2n) is 3.76. The number of nitrogens with one attached hydrogen (secondary N) is 2. The van der Waals surface area contributed by atoms with Crippen LogP contribution in [0, 0.1) is 17.0 Å². The smallest absolute Gasteiger partial charge is 0.265 e. The summed E-state index contributed by atoms with van der Waals surface area (Å²) in [6, 6.07) is 9.59. The van der Waals surface area contributed by atoms with Gasteiger partial charge in [0.05, 0.1) is 0 Å². The van der Waals surface area contributed by atoms with Crippen LogP contribution < -0.4 is 10.9 Å². The number of pyridine rings is 1. The lowest BCUT2D eigenvalue weighted by Crippen LogP contribution is -2.37. The summed E-state index contributed by atoms with van der Waals surface area (Å²) >= 11 is 0. The van der Waals surface area contributed by atoms with Crippen molar-refractivity contribution < 1.29 is 9.18 Å². The van der Waals surface area contributed by atoms with E-state index in [4.69, 9.17) is 5.26 Å². The molecule has 0 fully saturated rings. The van der Waals surface area contributed by atoms with Crippen molar-refractivity contribution in [2.75, 3.05) is 0 Å². The zero-order valence-corrected chi connectivity index (χ0v) is 11.1. The predicted molar refractivity (Wildman–Crippen MR) is 76.3 cm³/mol. The largest absolute Gasteiger partial charge is 0.287 e. The minimum absolute atomic E-state index is 0.226. The molecule has 1 amide bonds. The number of benzene rings is 1. The van der Waals surface area contributed by atoms with E-state index in [0.29, 0.717) is 11.1 Å². The number of halogens is 1. The Morgan fingerprint density at radius 1 is 1.29 bits per heavy atom. The maximum absolute atomic E-state index is 13.3. The van der Waals surface area contributed by atoms with Crippen LogP contribution in [0.1, 0.15) is 15.9 Å². The average Bonchev–Trinajstić information content (AvgIpc) is 2.51. The molecule has 0 bridgehead atoms. The van der Waals surface area contributed by atoms with Crippen LogP contribution in [0.15, 0.2) is 48.8 Å². The molecule has 1 heterocycles. The van der Waals surface area contributed by atoms with E-state index in [1.807, 2.05) is 0 Å². The molecule has 0 spiro atoms. The molecule has 2 rings (SSSR count). The van der Waals surface area contributed by atoms with E-state index in [9.17, 15) is 9.18 Å². The molecule has 104 valence electrons. The zero-order valence-electron chi connectivity index (χ0n) is 11.1. The second-order valence-corrected chi connectivity index (χ2v) is 3.76. The summed E-state index contributed by atoms with van der Waals surface area (Å²) in [5.74, 6) is 0.664. The molecule has 1 aromatic heterocycles. The van der Waals surface area contributed by atoms with E-state index in [1.165, 1.54) is 24.4 Å². The number of rotatable bonds is 4. The van der Waals surface area contributed by atoms with Crippen LogP contribution in [0.3, 0.4) is 0 Å². The van der Waals surface area contributed by atoms with Crippen molar-refractivity contribution in [3.05, 3.63) is 65.7 Å². The summed E-state index contributed by atoms with van der Waals surface area (Å²) in [6.07, 6.45) is 3.07. The van der Waals surface area contributed by atoms with Gasteiger partial charge in [-0.15, -0.1) is 0 Å². The third-order valence-electron chi connectivity index (χ3n) is 2.38. The van der Waals surface area contributed by atoms with Gasteiger partial charge in [0.2, 0.25) is 7.85 Å². The molecular formula is C14H12BFN4O. The first-order valence-electron chi connectivity index (χ1n) is 5.95. The highest BCUT2D eigenvalue weighted by molar-refractivity contribution is 6.20. The minimum Gasteiger partial charge on any atom is -0.287 e. The van der Waals surface area contributed by atoms with Crippen LogP contribution in [0.25, 0.3) is 0 Å². The number of carbonyl (C=O) groups is 1. The SMILES string of the molecule is O=C(NNCc1ccccc1F)c1ccncc1.[B]C#N. The Kier molecular flexibility index (Phi) is 7.18. The molecule has 2 radical (unpaired) electrons. The number of aromatic nitrogens is 1. The standard InChI is InChI=1S/C13H12FN3O.CBN/c14-12-4-2-1-3-11(12)9-16-17-13(18)10-5-7-15-8-6-10;2-1-3/h1-8,16H,9H2,(H,17,18);. The number of carbonyl (C=O) groups excluding carboxylic acids is 1. The van der Waals surface area contributed by atoms with Crippen molar-refractivity contribution >= 4 is 13.8 Å². The Bertz CT molecular complexity index is 616. The Morgan fingerprint density at radius 3 is 2.52 bits per heavy atom. The van der Waals surface area contributed by atoms with E-state index in [1.54, 1.807) is 30.3 Å². The molecule has 1 aromatic carbocycles. The van der Waals surface area contributed by atoms with Gasteiger partial charge in [-0.2, -0.15) is 0 Å². The molecule has 0 atom stereocenters. The van der Waals surface area contributed by atoms with Crippen molar-refractivity contribution in [1.82, 2.24) is 15.8 Å². The van der Waals surface area contributed by atoms with Crippen LogP contribution in [-0.2, 0) is 6.54 Å². The van der Waals surface area contributed by atoms with Gasteiger partial charge < -0.3 is 0 Å². The summed E-state index contributed by atoms with van der Waals surface area (Å²) in [5.41, 5.74) is 6.16. The number of hydrogen-bond acceptors (Lipinski definition) is 4. The Balaban J connectivity index is 0.000000677. The van der Waals surface area contributed by atoms with Crippen LogP contribution in [0.4, 0.5) is 4.39 Å². The maximum atomic E-state index is 13.3. The number of nitrogens with zero attached hydrogens (tertiary/aromatic N) is 2. The fourth-order valence-corrected chi connectivity index (χ4v) is 1.44. The van der Waals surface area contributed by atoms with E-state index < -0.39 is 0 Å². The average molecular weight is 282 g/mol. The zero-order chi connectivity index (χ0) is 15.5. The molecule has 0 unspecified atom stereocenters. The second kappa shape index (κ2) is 9.23. The normalized spacial score (nSPS) is 8.95. The predicted octanol–water partition coefficient (Wildman–Crippen LogP) is 1.29. The Hall–Kier alpha value is -2.72. The molecule has 21 heavy (non-hydrogen) atoms. The molecule has 0 aliphatic rings. The number of hydrogen-bond donors (Lipinski definition) is 2. The summed E-state index contributed by atoms with van der Waals surface area (Å²) in [4.78, 5) is 15.4. The molecular weight excluding hydrogens is 270 g/mol. The molecule has 7 heteroatoms. The number of nitriles is 1. The number of hydrazine groups is 1. The first-order valence-corrected chi connectivity index (χ1v) is 5.95. The van der Waals surface area contributed by atoms with Crippen molar-refractivity contribution in [3.63, 3.8) is 0 Å². The minimum atomic E-state index is -0.303. The van der Waals surface area contributed by atoms with E-state index >= 15 is 0 Å². The third-order valence-corrected chi connectivity index (χ3v) is 2.38. The molecule has 2 N–H and O–H groups in total. The molecule has 0 saturated carbocycles. The van der Waals surface area contributed by atoms with Gasteiger partial charge in [0.15, 0.2) is 0 Å². The van der Waals surface area contributed by atoms with Gasteiger partial charge in [0.25, 0.3) is 5.91 Å². The fourth-order valence-electron chi connectivity index (χ4n) is 1.44. The quantitative estimate of drug-likeness (QED) is 0.654. The molecule has 2 aromatic rings. The van der Waals surface area contributed by atoms with Crippen molar-refractivity contribution in [2.45, 2.75) is 6.54 Å². The lowest BCUT2D eigenvalue weighted by molar-refractivity contribution is 0.0932. The monoisotopic (exact) mass is 282 g/mol. The summed E-state index contributed by atoms with van der Waals surface area (Å²) in [7, 11) is 4.15. The highest BCUT2D eigenvalue weighted by Gasteiger charge is 2.04. The number of amides is 1. The van der Waals surface area contributed by atoms with Gasteiger partial charge in [-0.05, 0) is 24.2 Å². The molecule has 5 nitrogen and oxygen atoms in total. The van der Waals surface area contributed by atoms with Gasteiger partial charge in [-0.25, -0.2) is 15.1 Å². The molecule has 0 aliphatic carbocycles. The van der Waals surface area contributed by atoms with E-state index in [-0.39, 0.29) is 18.3 Å². The van der Waals surface area contributed by atoms with Gasteiger partial charge in [0, 0.05) is 30.1 Å². The van der Waals surface area contributed by atoms with Gasteiger partial charge in [-0.1, -0.05) is 18.2 Å².